The van der Waals surface area contributed by atoms with E-state index in [2.05, 4.69) is 5.32 Å². The smallest absolute Gasteiger partial charge is 0.0599 e. The van der Waals surface area contributed by atoms with Gasteiger partial charge in [-0.1, -0.05) is 0 Å². The number of nitrogens with one attached hydrogen (secondary N) is 1. The topological polar surface area (TPSA) is 41.5 Å². The average molecular weight is 173 g/mol. The van der Waals surface area contributed by atoms with E-state index in [0.29, 0.717) is 12.7 Å². The van der Waals surface area contributed by atoms with Crippen molar-refractivity contribution >= 4 is 0 Å². The Morgan fingerprint density at radius 3 is 2.75 bits per heavy atom. The molecule has 1 saturated heterocycles. The van der Waals surface area contributed by atoms with E-state index in [4.69, 9.17) is 9.84 Å². The van der Waals surface area contributed by atoms with Crippen LogP contribution < -0.4 is 5.32 Å². The lowest BCUT2D eigenvalue weighted by molar-refractivity contribution is 0.0156. The molecule has 0 saturated carbocycles. The Morgan fingerprint density at radius 2 is 2.17 bits per heavy atom. The van der Waals surface area contributed by atoms with E-state index in [9.17, 15) is 0 Å². The third-order valence-corrected chi connectivity index (χ3v) is 2.18. The van der Waals surface area contributed by atoms with Crippen LogP contribution in [0.3, 0.4) is 0 Å². The van der Waals surface area contributed by atoms with E-state index >= 15 is 0 Å². The largest absolute Gasteiger partial charge is 0.393 e. The van der Waals surface area contributed by atoms with Gasteiger partial charge in [-0.05, 0) is 39.3 Å². The molecule has 0 spiro atoms. The fourth-order valence-electron chi connectivity index (χ4n) is 1.37. The van der Waals surface area contributed by atoms with Gasteiger partial charge in [0.25, 0.3) is 0 Å². The number of ether oxygens (including phenoxy) is 1. The van der Waals surface area contributed by atoms with Crippen molar-refractivity contribution in [1.29, 1.82) is 0 Å². The quantitative estimate of drug-likeness (QED) is 0.651. The molecule has 0 bridgehead atoms. The molecule has 0 aromatic rings. The summed E-state index contributed by atoms with van der Waals surface area (Å²) in [5, 5.41) is 12.3. The van der Waals surface area contributed by atoms with Crippen LogP contribution in [0.5, 0.6) is 0 Å². The van der Waals surface area contributed by atoms with Crippen molar-refractivity contribution in [3.63, 3.8) is 0 Å². The minimum atomic E-state index is -0.230. The Balaban J connectivity index is 1.98. The van der Waals surface area contributed by atoms with Gasteiger partial charge in [0.05, 0.1) is 12.2 Å². The maximum absolute atomic E-state index is 8.99. The van der Waals surface area contributed by atoms with E-state index in [0.717, 1.165) is 32.4 Å². The second kappa shape index (κ2) is 5.51. The maximum Gasteiger partial charge on any atom is 0.0599 e. The third-order valence-electron chi connectivity index (χ3n) is 2.18. The molecule has 1 unspecified atom stereocenters. The zero-order valence-corrected chi connectivity index (χ0v) is 7.75. The summed E-state index contributed by atoms with van der Waals surface area (Å²) >= 11 is 0. The first kappa shape index (κ1) is 9.96. The van der Waals surface area contributed by atoms with Crippen LogP contribution >= 0.6 is 0 Å². The molecule has 0 amide bonds. The molecule has 0 aromatic heterocycles. The molecule has 1 atom stereocenters. The number of hydrogen-bond acceptors (Lipinski definition) is 3. The molecule has 1 aliphatic heterocycles. The fraction of sp³-hybridized carbons (Fsp3) is 1.00. The van der Waals surface area contributed by atoms with Crippen molar-refractivity contribution in [2.24, 2.45) is 0 Å². The molecule has 72 valence electrons. The molecule has 0 radical (unpaired) electrons. The van der Waals surface area contributed by atoms with Gasteiger partial charge in [0.1, 0.15) is 0 Å². The molecule has 0 aromatic carbocycles. The van der Waals surface area contributed by atoms with E-state index in [-0.39, 0.29) is 6.10 Å². The maximum atomic E-state index is 8.99. The summed E-state index contributed by atoms with van der Waals surface area (Å²) in [6, 6.07) is 0. The standard InChI is InChI=1S/C9H19NO2/c1-8(11)4-7-12-9-2-5-10-6-3-9/h8-11H,2-7H2,1H3. The average Bonchev–Trinajstić information content (AvgIpc) is 2.05. The van der Waals surface area contributed by atoms with Crippen molar-refractivity contribution < 1.29 is 9.84 Å². The van der Waals surface area contributed by atoms with E-state index in [1.165, 1.54) is 0 Å². The van der Waals surface area contributed by atoms with Crippen LogP contribution in [0.1, 0.15) is 26.2 Å². The minimum Gasteiger partial charge on any atom is -0.393 e. The lowest BCUT2D eigenvalue weighted by Gasteiger charge is -2.23. The van der Waals surface area contributed by atoms with Crippen molar-refractivity contribution in [3.05, 3.63) is 0 Å². The number of hydrogen-bond donors (Lipinski definition) is 2. The second-order valence-electron chi connectivity index (χ2n) is 3.46. The monoisotopic (exact) mass is 173 g/mol. The summed E-state index contributed by atoms with van der Waals surface area (Å²) in [6.07, 6.45) is 3.17. The first-order valence-corrected chi connectivity index (χ1v) is 4.79. The van der Waals surface area contributed by atoms with Gasteiger partial charge >= 0.3 is 0 Å². The van der Waals surface area contributed by atoms with Crippen LogP contribution in [0.2, 0.25) is 0 Å². The molecule has 3 heteroatoms. The normalized spacial score (nSPS) is 22.5. The fourth-order valence-corrected chi connectivity index (χ4v) is 1.37. The van der Waals surface area contributed by atoms with Crippen LogP contribution in [0.25, 0.3) is 0 Å². The number of aliphatic hydroxyl groups is 1. The van der Waals surface area contributed by atoms with Gasteiger partial charge in [-0.25, -0.2) is 0 Å². The molecule has 1 heterocycles. The zero-order chi connectivity index (χ0) is 8.81. The molecule has 3 nitrogen and oxygen atoms in total. The third kappa shape index (κ3) is 4.04. The molecule has 1 rings (SSSR count). The van der Waals surface area contributed by atoms with Gasteiger partial charge in [0.2, 0.25) is 0 Å². The van der Waals surface area contributed by atoms with Crippen molar-refractivity contribution in [1.82, 2.24) is 5.32 Å². The van der Waals surface area contributed by atoms with Gasteiger partial charge in [0.15, 0.2) is 0 Å². The van der Waals surface area contributed by atoms with Gasteiger partial charge in [-0.15, -0.1) is 0 Å². The van der Waals surface area contributed by atoms with Crippen LogP contribution in [-0.4, -0.2) is 37.0 Å². The van der Waals surface area contributed by atoms with Gasteiger partial charge in [0, 0.05) is 6.61 Å². The minimum absolute atomic E-state index is 0.230. The highest BCUT2D eigenvalue weighted by molar-refractivity contribution is 4.68. The molecule has 2 N–H and O–H groups in total. The molecule has 1 fully saturated rings. The molecule has 0 aliphatic carbocycles. The Kier molecular flexibility index (Phi) is 4.58. The Morgan fingerprint density at radius 1 is 1.50 bits per heavy atom. The van der Waals surface area contributed by atoms with E-state index in [1.807, 2.05) is 0 Å². The highest BCUT2D eigenvalue weighted by Gasteiger charge is 2.12. The highest BCUT2D eigenvalue weighted by Crippen LogP contribution is 2.07. The molecular weight excluding hydrogens is 154 g/mol. The highest BCUT2D eigenvalue weighted by atomic mass is 16.5. The van der Waals surface area contributed by atoms with E-state index < -0.39 is 0 Å². The summed E-state index contributed by atoms with van der Waals surface area (Å²) in [5.74, 6) is 0. The predicted molar refractivity (Wildman–Crippen MR) is 48.1 cm³/mol. The van der Waals surface area contributed by atoms with Crippen LogP contribution in [-0.2, 0) is 4.74 Å². The lowest BCUT2D eigenvalue weighted by atomic mass is 10.1. The lowest BCUT2D eigenvalue weighted by Crippen LogP contribution is -2.32. The predicted octanol–water partition coefficient (Wildman–Crippen LogP) is 0.526. The van der Waals surface area contributed by atoms with Crippen LogP contribution in [0.15, 0.2) is 0 Å². The van der Waals surface area contributed by atoms with Crippen LogP contribution in [0.4, 0.5) is 0 Å². The Hall–Kier alpha value is -0.120. The summed E-state index contributed by atoms with van der Waals surface area (Å²) in [5.41, 5.74) is 0. The second-order valence-corrected chi connectivity index (χ2v) is 3.46. The summed E-state index contributed by atoms with van der Waals surface area (Å²) in [7, 11) is 0. The van der Waals surface area contributed by atoms with Crippen molar-refractivity contribution in [2.45, 2.75) is 38.4 Å². The first-order valence-electron chi connectivity index (χ1n) is 4.79. The van der Waals surface area contributed by atoms with Crippen LogP contribution in [0, 0.1) is 0 Å². The van der Waals surface area contributed by atoms with Crippen molar-refractivity contribution in [3.8, 4) is 0 Å². The molecular formula is C9H19NO2. The Bertz CT molecular complexity index is 111. The Labute approximate surface area is 74.1 Å². The van der Waals surface area contributed by atoms with Gasteiger partial charge in [-0.2, -0.15) is 0 Å². The van der Waals surface area contributed by atoms with E-state index in [1.54, 1.807) is 6.92 Å². The molecule has 12 heavy (non-hydrogen) atoms. The van der Waals surface area contributed by atoms with Gasteiger partial charge in [-0.3, -0.25) is 0 Å². The SMILES string of the molecule is CC(O)CCOC1CCNCC1. The summed E-state index contributed by atoms with van der Waals surface area (Å²) in [4.78, 5) is 0. The zero-order valence-electron chi connectivity index (χ0n) is 7.75. The number of piperidine rings is 1. The molecule has 1 aliphatic rings. The summed E-state index contributed by atoms with van der Waals surface area (Å²) in [6.45, 7) is 4.63. The number of aliphatic hydroxyl groups excluding tert-OH is 1. The van der Waals surface area contributed by atoms with Crippen molar-refractivity contribution in [2.75, 3.05) is 19.7 Å². The summed E-state index contributed by atoms with van der Waals surface area (Å²) < 4.78 is 5.59. The first-order chi connectivity index (χ1) is 5.79. The number of rotatable bonds is 4. The van der Waals surface area contributed by atoms with Gasteiger partial charge < -0.3 is 15.2 Å².